The summed E-state index contributed by atoms with van der Waals surface area (Å²) in [5.41, 5.74) is 0. The van der Waals surface area contributed by atoms with E-state index in [0.717, 1.165) is 35.6 Å². The lowest BCUT2D eigenvalue weighted by molar-refractivity contribution is -0.0495. The highest BCUT2D eigenvalue weighted by atomic mass is 15.2. The van der Waals surface area contributed by atoms with Gasteiger partial charge in [-0.05, 0) is 75.2 Å². The van der Waals surface area contributed by atoms with E-state index in [4.69, 9.17) is 0 Å². The molecule has 0 amide bonds. The van der Waals surface area contributed by atoms with E-state index < -0.39 is 0 Å². The van der Waals surface area contributed by atoms with Crippen molar-refractivity contribution in [1.82, 2.24) is 10.2 Å². The molecule has 1 saturated heterocycles. The first-order valence-corrected chi connectivity index (χ1v) is 8.20. The van der Waals surface area contributed by atoms with Gasteiger partial charge in [0.25, 0.3) is 0 Å². The minimum absolute atomic E-state index is 0.821. The number of hydrogen-bond donors (Lipinski definition) is 1. The van der Waals surface area contributed by atoms with Crippen molar-refractivity contribution < 1.29 is 0 Å². The highest BCUT2D eigenvalue weighted by Crippen LogP contribution is 2.57. The summed E-state index contributed by atoms with van der Waals surface area (Å²) in [6.45, 7) is 3.67. The topological polar surface area (TPSA) is 15.3 Å². The number of hydrogen-bond acceptors (Lipinski definition) is 2. The van der Waals surface area contributed by atoms with Crippen LogP contribution >= 0.6 is 0 Å². The molecular weight excluding hydrogens is 220 g/mol. The molecule has 0 radical (unpaired) electrons. The van der Waals surface area contributed by atoms with Crippen LogP contribution < -0.4 is 5.32 Å². The molecule has 4 bridgehead atoms. The van der Waals surface area contributed by atoms with E-state index in [1.54, 1.807) is 32.1 Å². The minimum Gasteiger partial charge on any atom is -0.314 e. The van der Waals surface area contributed by atoms with Crippen molar-refractivity contribution in [1.29, 1.82) is 0 Å². The molecule has 5 fully saturated rings. The van der Waals surface area contributed by atoms with Crippen LogP contribution in [0.15, 0.2) is 0 Å². The predicted octanol–water partition coefficient (Wildman–Crippen LogP) is 2.35. The van der Waals surface area contributed by atoms with E-state index in [-0.39, 0.29) is 0 Å². The zero-order chi connectivity index (χ0) is 12.1. The molecule has 0 aromatic heterocycles. The lowest BCUT2D eigenvalue weighted by atomic mass is 9.51. The average Bonchev–Trinajstić information content (AvgIpc) is 2.35. The standard InChI is InChI=1S/C16H28N2/c1-18-3-2-17-10-15(18)9-16-13-5-11-4-12(7-13)8-14(16)6-11/h11-17H,2-10H2,1H3. The lowest BCUT2D eigenvalue weighted by Crippen LogP contribution is -2.53. The van der Waals surface area contributed by atoms with Gasteiger partial charge in [-0.15, -0.1) is 0 Å². The molecule has 0 spiro atoms. The Morgan fingerprint density at radius 1 is 1.00 bits per heavy atom. The van der Waals surface area contributed by atoms with E-state index >= 15 is 0 Å². The molecule has 4 aliphatic carbocycles. The van der Waals surface area contributed by atoms with Gasteiger partial charge < -0.3 is 10.2 Å². The van der Waals surface area contributed by atoms with Gasteiger partial charge in [0.2, 0.25) is 0 Å². The zero-order valence-electron chi connectivity index (χ0n) is 11.8. The van der Waals surface area contributed by atoms with Gasteiger partial charge in [0.15, 0.2) is 0 Å². The number of likely N-dealkylation sites (N-methyl/N-ethyl adjacent to an activating group) is 1. The van der Waals surface area contributed by atoms with Crippen LogP contribution in [0.5, 0.6) is 0 Å². The van der Waals surface area contributed by atoms with E-state index in [2.05, 4.69) is 17.3 Å². The van der Waals surface area contributed by atoms with E-state index in [0.29, 0.717) is 0 Å². The molecule has 18 heavy (non-hydrogen) atoms. The molecule has 102 valence electrons. The first-order chi connectivity index (χ1) is 8.79. The van der Waals surface area contributed by atoms with Crippen molar-refractivity contribution in [3.63, 3.8) is 0 Å². The van der Waals surface area contributed by atoms with Crippen LogP contribution in [0.2, 0.25) is 0 Å². The second-order valence-corrected chi connectivity index (χ2v) is 7.67. The van der Waals surface area contributed by atoms with E-state index in [9.17, 15) is 0 Å². The number of rotatable bonds is 2. The van der Waals surface area contributed by atoms with Crippen LogP contribution in [-0.2, 0) is 0 Å². The lowest BCUT2D eigenvalue weighted by Gasteiger charge is -2.55. The molecule has 2 heteroatoms. The third-order valence-corrected chi connectivity index (χ3v) is 6.61. The molecule has 4 saturated carbocycles. The number of nitrogens with one attached hydrogen (secondary N) is 1. The van der Waals surface area contributed by atoms with Gasteiger partial charge in [-0.2, -0.15) is 0 Å². The van der Waals surface area contributed by atoms with Crippen molar-refractivity contribution in [2.24, 2.45) is 29.6 Å². The molecule has 1 unspecified atom stereocenters. The maximum absolute atomic E-state index is 3.60. The summed E-state index contributed by atoms with van der Waals surface area (Å²) in [7, 11) is 2.33. The second-order valence-electron chi connectivity index (χ2n) is 7.67. The van der Waals surface area contributed by atoms with Gasteiger partial charge in [0, 0.05) is 25.7 Å². The fourth-order valence-corrected chi connectivity index (χ4v) is 5.86. The van der Waals surface area contributed by atoms with Gasteiger partial charge in [-0.3, -0.25) is 0 Å². The summed E-state index contributed by atoms with van der Waals surface area (Å²) in [5, 5.41) is 3.60. The van der Waals surface area contributed by atoms with E-state index in [1.165, 1.54) is 26.1 Å². The Kier molecular flexibility index (Phi) is 2.92. The van der Waals surface area contributed by atoms with Crippen molar-refractivity contribution in [2.45, 2.75) is 44.6 Å². The smallest absolute Gasteiger partial charge is 0.0220 e. The number of nitrogens with zero attached hydrogens (tertiary/aromatic N) is 1. The van der Waals surface area contributed by atoms with Crippen LogP contribution in [0.3, 0.4) is 0 Å². The average molecular weight is 248 g/mol. The quantitative estimate of drug-likeness (QED) is 0.807. The molecule has 1 atom stereocenters. The van der Waals surface area contributed by atoms with Gasteiger partial charge in [-0.25, -0.2) is 0 Å². The van der Waals surface area contributed by atoms with Crippen molar-refractivity contribution in [3.05, 3.63) is 0 Å². The molecule has 5 aliphatic rings. The summed E-state index contributed by atoms with van der Waals surface area (Å²) < 4.78 is 0. The van der Waals surface area contributed by atoms with Crippen LogP contribution in [0.25, 0.3) is 0 Å². The molecule has 1 heterocycles. The Labute approximate surface area is 111 Å². The van der Waals surface area contributed by atoms with Gasteiger partial charge in [0.1, 0.15) is 0 Å². The summed E-state index contributed by atoms with van der Waals surface area (Å²) >= 11 is 0. The molecule has 0 aromatic carbocycles. The molecule has 2 nitrogen and oxygen atoms in total. The molecule has 5 rings (SSSR count). The van der Waals surface area contributed by atoms with Crippen molar-refractivity contribution in [2.75, 3.05) is 26.7 Å². The maximum Gasteiger partial charge on any atom is 0.0220 e. The van der Waals surface area contributed by atoms with Crippen LogP contribution in [0.4, 0.5) is 0 Å². The van der Waals surface area contributed by atoms with Crippen LogP contribution in [0.1, 0.15) is 38.5 Å². The van der Waals surface area contributed by atoms with Crippen LogP contribution in [-0.4, -0.2) is 37.6 Å². The molecule has 0 aromatic rings. The molecule has 1 aliphatic heterocycles. The first-order valence-electron chi connectivity index (χ1n) is 8.20. The monoisotopic (exact) mass is 248 g/mol. The highest BCUT2D eigenvalue weighted by Gasteiger charge is 2.48. The maximum atomic E-state index is 3.60. The van der Waals surface area contributed by atoms with Gasteiger partial charge in [-0.1, -0.05) is 0 Å². The minimum atomic E-state index is 0.821. The summed E-state index contributed by atoms with van der Waals surface area (Å²) in [5.74, 6) is 5.55. The fraction of sp³-hybridized carbons (Fsp3) is 1.00. The number of piperazine rings is 1. The predicted molar refractivity (Wildman–Crippen MR) is 74.4 cm³/mol. The Balaban J connectivity index is 1.45. The van der Waals surface area contributed by atoms with Crippen LogP contribution in [0, 0.1) is 29.6 Å². The SMILES string of the molecule is CN1CCNCC1CC1C2CC3CC(C2)CC1C3. The first kappa shape index (κ1) is 11.7. The van der Waals surface area contributed by atoms with Gasteiger partial charge in [0.05, 0.1) is 0 Å². The third kappa shape index (κ3) is 1.92. The van der Waals surface area contributed by atoms with E-state index in [1.807, 2.05) is 0 Å². The summed E-state index contributed by atoms with van der Waals surface area (Å²) in [6.07, 6.45) is 9.41. The highest BCUT2D eigenvalue weighted by molar-refractivity contribution is 4.99. The van der Waals surface area contributed by atoms with Gasteiger partial charge >= 0.3 is 0 Å². The normalized spacial score (nSPS) is 51.8. The van der Waals surface area contributed by atoms with Crippen molar-refractivity contribution >= 4 is 0 Å². The Hall–Kier alpha value is -0.0800. The zero-order valence-corrected chi connectivity index (χ0v) is 11.8. The molecule has 1 N–H and O–H groups in total. The summed E-state index contributed by atoms with van der Waals surface area (Å²) in [6, 6.07) is 0.821. The Morgan fingerprint density at radius 3 is 2.28 bits per heavy atom. The third-order valence-electron chi connectivity index (χ3n) is 6.61. The molecular formula is C16H28N2. The second kappa shape index (κ2) is 4.49. The largest absolute Gasteiger partial charge is 0.314 e. The van der Waals surface area contributed by atoms with Crippen molar-refractivity contribution in [3.8, 4) is 0 Å². The Bertz CT molecular complexity index is 286. The fourth-order valence-electron chi connectivity index (χ4n) is 5.86. The Morgan fingerprint density at radius 2 is 1.67 bits per heavy atom. The summed E-state index contributed by atoms with van der Waals surface area (Å²) in [4.78, 5) is 2.61.